The average Bonchev–Trinajstić information content (AvgIpc) is 3.39. The van der Waals surface area contributed by atoms with Gasteiger partial charge in [0.05, 0.1) is 24.5 Å². The molecule has 0 radical (unpaired) electrons. The van der Waals surface area contributed by atoms with E-state index in [-0.39, 0.29) is 29.9 Å². The van der Waals surface area contributed by atoms with E-state index in [2.05, 4.69) is 21.2 Å². The molecule has 3 aliphatic rings. The van der Waals surface area contributed by atoms with Crippen LogP contribution in [0.25, 0.3) is 0 Å². The van der Waals surface area contributed by atoms with Crippen molar-refractivity contribution in [1.82, 2.24) is 10.2 Å². The Morgan fingerprint density at radius 1 is 1.27 bits per heavy atom. The topological polar surface area (TPSA) is 105 Å². The molecule has 9 heteroatoms. The van der Waals surface area contributed by atoms with Crippen molar-refractivity contribution in [3.05, 3.63) is 35.9 Å². The summed E-state index contributed by atoms with van der Waals surface area (Å²) in [5, 5.41) is 12.1. The highest BCUT2D eigenvalue weighted by molar-refractivity contribution is 9.09. The van der Waals surface area contributed by atoms with Gasteiger partial charge in [-0.2, -0.15) is 0 Å². The van der Waals surface area contributed by atoms with E-state index < -0.39 is 35.6 Å². The van der Waals surface area contributed by atoms with Crippen LogP contribution in [0.5, 0.6) is 0 Å². The third-order valence-corrected chi connectivity index (χ3v) is 7.81. The highest BCUT2D eigenvalue weighted by Crippen LogP contribution is 2.60. The lowest BCUT2D eigenvalue weighted by Crippen LogP contribution is -2.55. The summed E-state index contributed by atoms with van der Waals surface area (Å²) in [7, 11) is 0. The number of rotatable bonds is 10. The average molecular weight is 523 g/mol. The Balaban J connectivity index is 1.61. The Labute approximate surface area is 202 Å². The van der Waals surface area contributed by atoms with Gasteiger partial charge in [-0.15, -0.1) is 0 Å². The number of likely N-dealkylation sites (tertiary alicyclic amines) is 1. The van der Waals surface area contributed by atoms with Crippen molar-refractivity contribution < 1.29 is 29.0 Å². The highest BCUT2D eigenvalue weighted by atomic mass is 79.9. The zero-order valence-electron chi connectivity index (χ0n) is 18.7. The number of carbonyl (C=O) groups is 3. The van der Waals surface area contributed by atoms with Crippen molar-refractivity contribution in [1.29, 1.82) is 0 Å². The van der Waals surface area contributed by atoms with E-state index in [1.54, 1.807) is 11.8 Å². The van der Waals surface area contributed by atoms with E-state index in [1.807, 2.05) is 30.3 Å². The minimum absolute atomic E-state index is 0.0858. The van der Waals surface area contributed by atoms with Crippen LogP contribution in [0.1, 0.15) is 38.2 Å². The molecule has 2 N–H and O–H groups in total. The molecule has 4 rings (SSSR count). The summed E-state index contributed by atoms with van der Waals surface area (Å²) in [6, 6.07) is 8.76. The van der Waals surface area contributed by atoms with E-state index in [1.165, 1.54) is 0 Å². The van der Waals surface area contributed by atoms with E-state index in [4.69, 9.17) is 14.6 Å². The first kappa shape index (κ1) is 24.2. The summed E-state index contributed by atoms with van der Waals surface area (Å²) in [5.41, 5.74) is -0.108. The van der Waals surface area contributed by atoms with E-state index in [0.29, 0.717) is 32.4 Å². The molecule has 33 heavy (non-hydrogen) atoms. The summed E-state index contributed by atoms with van der Waals surface area (Å²) in [6.07, 6.45) is 2.00. The molecule has 180 valence electrons. The first-order valence-electron chi connectivity index (χ1n) is 11.7. The number of hydrogen-bond donors (Lipinski definition) is 2. The number of nitrogens with one attached hydrogen (secondary N) is 1. The number of ether oxygens (including phenoxy) is 2. The number of carbonyl (C=O) groups excluding carboxylic acids is 3. The van der Waals surface area contributed by atoms with Gasteiger partial charge in [-0.05, 0) is 38.2 Å². The van der Waals surface area contributed by atoms with Crippen LogP contribution < -0.4 is 5.32 Å². The maximum Gasteiger partial charge on any atom is 0.312 e. The van der Waals surface area contributed by atoms with Crippen molar-refractivity contribution >= 4 is 33.7 Å². The molecule has 0 aliphatic carbocycles. The summed E-state index contributed by atoms with van der Waals surface area (Å²) in [5.74, 6) is -2.42. The number of hydrogen-bond acceptors (Lipinski definition) is 6. The number of benzene rings is 1. The molecular weight excluding hydrogens is 492 g/mol. The summed E-state index contributed by atoms with van der Waals surface area (Å²) < 4.78 is 11.7. The van der Waals surface area contributed by atoms with E-state index in [0.717, 1.165) is 12.0 Å². The van der Waals surface area contributed by atoms with Crippen LogP contribution in [0.4, 0.5) is 0 Å². The number of unbranched alkanes of at least 4 members (excludes halogenated alkanes) is 2. The Hall–Kier alpha value is -1.97. The van der Waals surface area contributed by atoms with Gasteiger partial charge in [0.25, 0.3) is 0 Å². The number of aliphatic hydroxyl groups excluding tert-OH is 1. The fourth-order valence-electron chi connectivity index (χ4n) is 5.63. The molecule has 3 saturated heterocycles. The van der Waals surface area contributed by atoms with Crippen LogP contribution >= 0.6 is 15.9 Å². The Morgan fingerprint density at radius 2 is 2.03 bits per heavy atom. The lowest BCUT2D eigenvalue weighted by molar-refractivity contribution is -0.154. The van der Waals surface area contributed by atoms with Crippen molar-refractivity contribution in [2.75, 3.05) is 19.8 Å². The molecule has 3 heterocycles. The maximum atomic E-state index is 13.6. The quantitative estimate of drug-likeness (QED) is 0.275. The summed E-state index contributed by atoms with van der Waals surface area (Å²) in [4.78, 5) is 41.5. The van der Waals surface area contributed by atoms with Gasteiger partial charge >= 0.3 is 5.97 Å². The van der Waals surface area contributed by atoms with Gasteiger partial charge in [-0.3, -0.25) is 14.4 Å². The van der Waals surface area contributed by atoms with Crippen molar-refractivity contribution in [3.8, 4) is 0 Å². The third kappa shape index (κ3) is 4.31. The van der Waals surface area contributed by atoms with Crippen LogP contribution in [0.15, 0.2) is 30.3 Å². The van der Waals surface area contributed by atoms with Crippen LogP contribution in [-0.4, -0.2) is 70.1 Å². The number of nitrogens with zero attached hydrogens (tertiary/aromatic N) is 1. The molecule has 1 aromatic carbocycles. The number of fused-ring (bicyclic) bond motifs is 1. The van der Waals surface area contributed by atoms with E-state index in [9.17, 15) is 14.4 Å². The Bertz CT molecular complexity index is 883. The highest BCUT2D eigenvalue weighted by Gasteiger charge is 2.76. The minimum atomic E-state index is -1.06. The van der Waals surface area contributed by atoms with Gasteiger partial charge in [0.15, 0.2) is 0 Å². The second kappa shape index (κ2) is 10.1. The number of halogens is 1. The van der Waals surface area contributed by atoms with Crippen molar-refractivity contribution in [2.24, 2.45) is 11.8 Å². The normalized spacial score (nSPS) is 32.2. The fraction of sp³-hybridized carbons (Fsp3) is 0.625. The van der Waals surface area contributed by atoms with Crippen LogP contribution in [-0.2, 0) is 30.4 Å². The molecular formula is C24H31BrN2O6. The first-order valence-corrected chi connectivity index (χ1v) is 12.6. The van der Waals surface area contributed by atoms with Crippen molar-refractivity contribution in [2.45, 2.75) is 61.7 Å². The summed E-state index contributed by atoms with van der Waals surface area (Å²) >= 11 is 3.63. The molecule has 0 saturated carbocycles. The molecule has 1 spiro atoms. The van der Waals surface area contributed by atoms with E-state index >= 15 is 0 Å². The van der Waals surface area contributed by atoms with Gasteiger partial charge < -0.3 is 24.8 Å². The lowest BCUT2D eigenvalue weighted by Gasteiger charge is -2.34. The van der Waals surface area contributed by atoms with Crippen molar-refractivity contribution in [3.63, 3.8) is 0 Å². The number of esters is 1. The Morgan fingerprint density at radius 3 is 2.73 bits per heavy atom. The predicted octanol–water partition coefficient (Wildman–Crippen LogP) is 1.78. The molecule has 6 atom stereocenters. The third-order valence-electron chi connectivity index (χ3n) is 6.96. The zero-order valence-corrected chi connectivity index (χ0v) is 20.3. The van der Waals surface area contributed by atoms with Crippen LogP contribution in [0.2, 0.25) is 0 Å². The second-order valence-electron chi connectivity index (χ2n) is 8.93. The summed E-state index contributed by atoms with van der Waals surface area (Å²) in [6.45, 7) is 2.75. The zero-order chi connectivity index (χ0) is 23.6. The number of amides is 2. The van der Waals surface area contributed by atoms with Gasteiger partial charge in [-0.25, -0.2) is 0 Å². The van der Waals surface area contributed by atoms with Gasteiger partial charge in [0.1, 0.15) is 11.6 Å². The molecule has 3 unspecified atom stereocenters. The van der Waals surface area contributed by atoms with Gasteiger partial charge in [0.2, 0.25) is 11.8 Å². The largest absolute Gasteiger partial charge is 0.466 e. The monoisotopic (exact) mass is 522 g/mol. The maximum absolute atomic E-state index is 13.6. The molecule has 3 fully saturated rings. The van der Waals surface area contributed by atoms with Gasteiger partial charge in [0, 0.05) is 24.5 Å². The minimum Gasteiger partial charge on any atom is -0.466 e. The standard InChI is InChI=1S/C24H31BrN2O6/c1-2-32-23(31)17-18-22(30)27(11-7-4-8-12-28)20(24(18)13-16(25)19(17)33-24)21(29)26-14-15-9-5-3-6-10-15/h3,5-6,9-10,16-20,28H,2,4,7-8,11-14H2,1H3,(H,26,29)/t16?,17-,18-,19-,20?,24?/m0/s1. The van der Waals surface area contributed by atoms with Crippen LogP contribution in [0, 0.1) is 11.8 Å². The molecule has 0 aromatic heterocycles. The Kier molecular flexibility index (Phi) is 7.40. The predicted molar refractivity (Wildman–Crippen MR) is 123 cm³/mol. The molecule has 2 bridgehead atoms. The van der Waals surface area contributed by atoms with Crippen LogP contribution in [0.3, 0.4) is 0 Å². The van der Waals surface area contributed by atoms with Gasteiger partial charge in [-0.1, -0.05) is 46.3 Å². The fourth-order valence-corrected chi connectivity index (χ4v) is 6.57. The lowest BCUT2D eigenvalue weighted by atomic mass is 9.70. The first-order chi connectivity index (χ1) is 15.9. The second-order valence-corrected chi connectivity index (χ2v) is 10.1. The molecule has 2 amide bonds. The smallest absolute Gasteiger partial charge is 0.312 e. The number of alkyl halides is 1. The molecule has 1 aromatic rings. The SMILES string of the molecule is CCOC(=O)[C@H]1[C@H]2C(=O)N(CCCCCO)C(C(=O)NCc3ccccc3)C23CC(Br)[C@@H]1O3. The number of aliphatic hydroxyl groups is 1. The molecule has 8 nitrogen and oxygen atoms in total. The molecule has 3 aliphatic heterocycles.